The van der Waals surface area contributed by atoms with Gasteiger partial charge in [0.2, 0.25) is 17.8 Å². The van der Waals surface area contributed by atoms with E-state index in [0.717, 1.165) is 19.6 Å². The Hall–Kier alpha value is -4.03. The summed E-state index contributed by atoms with van der Waals surface area (Å²) in [6, 6.07) is 10.1. The van der Waals surface area contributed by atoms with Crippen LogP contribution in [0.3, 0.4) is 0 Å². The first-order valence-corrected chi connectivity index (χ1v) is 11.3. The van der Waals surface area contributed by atoms with Gasteiger partial charge in [0, 0.05) is 25.2 Å². The van der Waals surface area contributed by atoms with E-state index in [1.165, 1.54) is 12.3 Å². The second-order valence-electron chi connectivity index (χ2n) is 7.97. The van der Waals surface area contributed by atoms with Gasteiger partial charge in [0.15, 0.2) is 0 Å². The van der Waals surface area contributed by atoms with Crippen LogP contribution in [0.15, 0.2) is 45.9 Å². The molecule has 2 N–H and O–H groups in total. The number of hydrogen-bond donors (Lipinski definition) is 2. The average Bonchev–Trinajstić information content (AvgIpc) is 3.39. The van der Waals surface area contributed by atoms with Crippen molar-refractivity contribution in [1.29, 1.82) is 0 Å². The van der Waals surface area contributed by atoms with Crippen LogP contribution in [0.25, 0.3) is 11.3 Å². The van der Waals surface area contributed by atoms with Crippen LogP contribution < -0.4 is 15.2 Å². The van der Waals surface area contributed by atoms with Crippen molar-refractivity contribution in [3.63, 3.8) is 0 Å². The number of aromatic carboxylic acids is 1. The van der Waals surface area contributed by atoms with Crippen LogP contribution in [-0.2, 0) is 9.47 Å². The minimum Gasteiger partial charge on any atom is -0.478 e. The van der Waals surface area contributed by atoms with Crippen LogP contribution >= 0.6 is 0 Å². The number of carbonyl (C=O) groups is 1. The fraction of sp³-hybridized carbons (Fsp3) is 0.348. The van der Waals surface area contributed by atoms with Crippen LogP contribution in [0, 0.1) is 0 Å². The van der Waals surface area contributed by atoms with E-state index in [-0.39, 0.29) is 5.56 Å². The molecule has 1 aromatic carbocycles. The monoisotopic (exact) mass is 479 g/mol. The van der Waals surface area contributed by atoms with Crippen molar-refractivity contribution in [2.75, 3.05) is 61.4 Å². The Kier molecular flexibility index (Phi) is 6.82. The van der Waals surface area contributed by atoms with Gasteiger partial charge in [-0.1, -0.05) is 12.1 Å². The largest absolute Gasteiger partial charge is 0.478 e. The number of nitrogens with zero attached hydrogens (tertiary/aromatic N) is 6. The van der Waals surface area contributed by atoms with Gasteiger partial charge in [-0.25, -0.2) is 10.2 Å². The van der Waals surface area contributed by atoms with Gasteiger partial charge in [0.25, 0.3) is 0 Å². The van der Waals surface area contributed by atoms with E-state index in [1.54, 1.807) is 30.3 Å². The number of carboxylic acids is 1. The maximum absolute atomic E-state index is 11.2. The number of benzene rings is 1. The summed E-state index contributed by atoms with van der Waals surface area (Å²) in [6.45, 7) is 4.57. The molecule has 3 aromatic rings. The molecule has 5 rings (SSSR count). The molecule has 0 unspecified atom stereocenters. The molecule has 12 heteroatoms. The van der Waals surface area contributed by atoms with Crippen LogP contribution in [0.2, 0.25) is 0 Å². The Bertz CT molecular complexity index is 1170. The molecule has 2 aromatic heterocycles. The van der Waals surface area contributed by atoms with Gasteiger partial charge < -0.3 is 28.8 Å². The van der Waals surface area contributed by atoms with E-state index < -0.39 is 5.97 Å². The number of hydrazone groups is 1. The lowest BCUT2D eigenvalue weighted by molar-refractivity contribution is 0.0697. The van der Waals surface area contributed by atoms with Crippen LogP contribution in [0.5, 0.6) is 0 Å². The number of carboxylic acid groups (broad SMARTS) is 1. The Morgan fingerprint density at radius 3 is 2.60 bits per heavy atom. The molecule has 0 saturated carbocycles. The quantitative estimate of drug-likeness (QED) is 0.381. The van der Waals surface area contributed by atoms with E-state index in [9.17, 15) is 9.90 Å². The molecule has 2 aliphatic heterocycles. The molecule has 0 radical (unpaired) electrons. The van der Waals surface area contributed by atoms with Crippen LogP contribution in [-0.4, -0.2) is 78.4 Å². The predicted octanol–water partition coefficient (Wildman–Crippen LogP) is 2.30. The molecule has 2 saturated heterocycles. The number of anilines is 3. The maximum atomic E-state index is 11.2. The minimum atomic E-state index is -0.992. The normalized spacial score (nSPS) is 16.6. The summed E-state index contributed by atoms with van der Waals surface area (Å²) in [5, 5.41) is 13.4. The third-order valence-electron chi connectivity index (χ3n) is 5.53. The molecule has 12 nitrogen and oxygen atoms in total. The van der Waals surface area contributed by atoms with Gasteiger partial charge in [0.05, 0.1) is 31.6 Å². The summed E-state index contributed by atoms with van der Waals surface area (Å²) in [7, 11) is 0. The molecule has 0 aliphatic carbocycles. The number of nitrogens with one attached hydrogen (secondary N) is 1. The van der Waals surface area contributed by atoms with E-state index in [4.69, 9.17) is 13.9 Å². The highest BCUT2D eigenvalue weighted by Gasteiger charge is 2.20. The standard InChI is InChI=1S/C23H25N7O5/c31-20(32)17-4-1-3-16(13-17)19-6-5-18(35-19)14-24-28-21-25-22(29-8-11-33-12-9-29)27-23(26-21)30-7-2-10-34-15-30/h1,3-6,13-14H,2,7-12,15H2,(H,31,32)(H,25,26,27,28)/b24-14+. The topological polar surface area (TPSA) is 138 Å². The molecule has 2 aliphatic rings. The highest BCUT2D eigenvalue weighted by atomic mass is 16.5. The molecule has 0 atom stereocenters. The van der Waals surface area contributed by atoms with E-state index in [0.29, 0.717) is 68.0 Å². The number of ether oxygens (including phenoxy) is 2. The van der Waals surface area contributed by atoms with Gasteiger partial charge >= 0.3 is 5.97 Å². The number of aromatic nitrogens is 3. The first-order valence-electron chi connectivity index (χ1n) is 11.3. The zero-order valence-corrected chi connectivity index (χ0v) is 19.0. The van der Waals surface area contributed by atoms with Crippen molar-refractivity contribution >= 4 is 30.0 Å². The fourth-order valence-corrected chi connectivity index (χ4v) is 3.74. The molecule has 0 spiro atoms. The third-order valence-corrected chi connectivity index (χ3v) is 5.53. The third kappa shape index (κ3) is 5.55. The van der Waals surface area contributed by atoms with Gasteiger partial charge in [-0.3, -0.25) is 0 Å². The summed E-state index contributed by atoms with van der Waals surface area (Å²) in [4.78, 5) is 28.9. The second-order valence-corrected chi connectivity index (χ2v) is 7.97. The summed E-state index contributed by atoms with van der Waals surface area (Å²) in [5.41, 5.74) is 3.73. The number of furan rings is 1. The first-order chi connectivity index (χ1) is 17.2. The molecule has 0 amide bonds. The predicted molar refractivity (Wildman–Crippen MR) is 128 cm³/mol. The second kappa shape index (κ2) is 10.5. The Balaban J connectivity index is 1.32. The van der Waals surface area contributed by atoms with Gasteiger partial charge in [-0.15, -0.1) is 0 Å². The average molecular weight is 479 g/mol. The van der Waals surface area contributed by atoms with Crippen molar-refractivity contribution in [3.8, 4) is 11.3 Å². The number of rotatable bonds is 7. The molecule has 0 bridgehead atoms. The molecular formula is C23H25N7O5. The van der Waals surface area contributed by atoms with Crippen LogP contribution in [0.1, 0.15) is 22.5 Å². The summed E-state index contributed by atoms with van der Waals surface area (Å²) in [6.07, 6.45) is 2.40. The van der Waals surface area contributed by atoms with E-state index in [2.05, 4.69) is 30.4 Å². The minimum absolute atomic E-state index is 0.191. The number of morpholine rings is 1. The van der Waals surface area contributed by atoms with Gasteiger partial charge in [0.1, 0.15) is 18.3 Å². The van der Waals surface area contributed by atoms with Crippen molar-refractivity contribution in [2.45, 2.75) is 6.42 Å². The summed E-state index contributed by atoms with van der Waals surface area (Å²) >= 11 is 0. The Morgan fingerprint density at radius 2 is 1.83 bits per heavy atom. The van der Waals surface area contributed by atoms with Crippen molar-refractivity contribution in [1.82, 2.24) is 15.0 Å². The maximum Gasteiger partial charge on any atom is 0.335 e. The molecule has 182 valence electrons. The van der Waals surface area contributed by atoms with Crippen molar-refractivity contribution in [2.24, 2.45) is 5.10 Å². The lowest BCUT2D eigenvalue weighted by Crippen LogP contribution is -2.39. The Morgan fingerprint density at radius 1 is 1.00 bits per heavy atom. The summed E-state index contributed by atoms with van der Waals surface area (Å²) < 4.78 is 16.8. The van der Waals surface area contributed by atoms with Gasteiger partial charge in [-0.2, -0.15) is 20.1 Å². The SMILES string of the molecule is O=C(O)c1cccc(-c2ccc(/C=N/Nc3nc(N4CCOCC4)nc(N4CCCOC4)n3)o2)c1. The van der Waals surface area contributed by atoms with Crippen molar-refractivity contribution in [3.05, 3.63) is 47.7 Å². The zero-order valence-electron chi connectivity index (χ0n) is 19.0. The summed E-state index contributed by atoms with van der Waals surface area (Å²) in [5.74, 6) is 1.42. The zero-order chi connectivity index (χ0) is 24.0. The fourth-order valence-electron chi connectivity index (χ4n) is 3.74. The first kappa shape index (κ1) is 22.7. The van der Waals surface area contributed by atoms with Gasteiger partial charge in [-0.05, 0) is 30.7 Å². The molecular weight excluding hydrogens is 454 g/mol. The molecule has 2 fully saturated rings. The lowest BCUT2D eigenvalue weighted by Gasteiger charge is -2.30. The van der Waals surface area contributed by atoms with Crippen LogP contribution in [0.4, 0.5) is 17.8 Å². The molecule has 4 heterocycles. The van der Waals surface area contributed by atoms with E-state index >= 15 is 0 Å². The lowest BCUT2D eigenvalue weighted by atomic mass is 10.1. The smallest absolute Gasteiger partial charge is 0.335 e. The highest BCUT2D eigenvalue weighted by molar-refractivity contribution is 5.89. The van der Waals surface area contributed by atoms with E-state index in [1.807, 2.05) is 4.90 Å². The number of hydrogen-bond acceptors (Lipinski definition) is 11. The van der Waals surface area contributed by atoms with Crippen molar-refractivity contribution < 1.29 is 23.8 Å². The molecule has 35 heavy (non-hydrogen) atoms. The Labute approximate surface area is 201 Å². The highest BCUT2D eigenvalue weighted by Crippen LogP contribution is 2.23.